The second-order valence-electron chi connectivity index (χ2n) is 8.18. The Kier molecular flexibility index (Phi) is 6.48. The molecule has 0 aliphatic carbocycles. The van der Waals surface area contributed by atoms with Crippen molar-refractivity contribution in [2.45, 2.75) is 18.9 Å². The van der Waals surface area contributed by atoms with Crippen LogP contribution in [-0.2, 0) is 11.4 Å². The van der Waals surface area contributed by atoms with Crippen molar-refractivity contribution in [3.63, 3.8) is 0 Å². The molecule has 3 aromatic rings. The van der Waals surface area contributed by atoms with Gasteiger partial charge < -0.3 is 9.64 Å². The highest BCUT2D eigenvalue weighted by atomic mass is 35.5. The maximum absolute atomic E-state index is 13.1. The van der Waals surface area contributed by atoms with E-state index in [0.717, 1.165) is 27.6 Å². The van der Waals surface area contributed by atoms with E-state index in [4.69, 9.17) is 16.3 Å². The number of thioether (sulfide) groups is 1. The Morgan fingerprint density at radius 3 is 2.47 bits per heavy atom. The predicted octanol–water partition coefficient (Wildman–Crippen LogP) is 6.14. The summed E-state index contributed by atoms with van der Waals surface area (Å²) in [6, 6.07) is 27.7. The Morgan fingerprint density at radius 2 is 1.76 bits per heavy atom. The van der Waals surface area contributed by atoms with E-state index in [0.29, 0.717) is 29.7 Å². The summed E-state index contributed by atoms with van der Waals surface area (Å²) in [7, 11) is 0. The molecule has 0 bridgehead atoms. The lowest BCUT2D eigenvalue weighted by atomic mass is 9.86. The number of amides is 1. The zero-order chi connectivity index (χ0) is 23.5. The topological polar surface area (TPSA) is 56.6 Å². The molecule has 2 heterocycles. The zero-order valence-electron chi connectivity index (χ0n) is 18.4. The highest BCUT2D eigenvalue weighted by Crippen LogP contribution is 2.43. The molecule has 0 radical (unpaired) electrons. The normalized spacial score (nSPS) is 17.9. The van der Waals surface area contributed by atoms with E-state index in [1.54, 1.807) is 16.7 Å². The number of halogens is 1. The predicted molar refractivity (Wildman–Crippen MR) is 135 cm³/mol. The maximum Gasteiger partial charge on any atom is 0.229 e. The second-order valence-corrected chi connectivity index (χ2v) is 9.55. The highest BCUT2D eigenvalue weighted by molar-refractivity contribution is 8.03. The molecule has 0 unspecified atom stereocenters. The average molecular weight is 488 g/mol. The highest BCUT2D eigenvalue weighted by Gasteiger charge is 2.38. The number of para-hydroxylation sites is 1. The number of ether oxygens (including phenoxy) is 1. The van der Waals surface area contributed by atoms with Crippen LogP contribution in [0.3, 0.4) is 0 Å². The van der Waals surface area contributed by atoms with Crippen LogP contribution in [0.15, 0.2) is 89.5 Å². The SMILES string of the molecule is N#CC1=C2SCN(c3ccccc3)CN2C(=O)C[C@H]1c1ccc(OCc2ccc(Cl)cc2)cc1. The van der Waals surface area contributed by atoms with E-state index >= 15 is 0 Å². The number of rotatable bonds is 5. The Hall–Kier alpha value is -3.40. The van der Waals surface area contributed by atoms with Gasteiger partial charge in [-0.2, -0.15) is 5.26 Å². The minimum Gasteiger partial charge on any atom is -0.489 e. The van der Waals surface area contributed by atoms with Gasteiger partial charge in [-0.3, -0.25) is 9.69 Å². The monoisotopic (exact) mass is 487 g/mol. The Balaban J connectivity index is 1.32. The first-order valence-corrected chi connectivity index (χ1v) is 12.3. The van der Waals surface area contributed by atoms with E-state index in [-0.39, 0.29) is 18.2 Å². The average Bonchev–Trinajstić information content (AvgIpc) is 2.89. The van der Waals surface area contributed by atoms with Gasteiger partial charge in [-0.25, -0.2) is 0 Å². The van der Waals surface area contributed by atoms with Crippen molar-refractivity contribution < 1.29 is 9.53 Å². The summed E-state index contributed by atoms with van der Waals surface area (Å²) < 4.78 is 5.88. The van der Waals surface area contributed by atoms with Gasteiger partial charge in [-0.1, -0.05) is 65.8 Å². The summed E-state index contributed by atoms with van der Waals surface area (Å²) in [6.45, 7) is 0.899. The number of hydrogen-bond acceptors (Lipinski definition) is 5. The van der Waals surface area contributed by atoms with Crippen molar-refractivity contribution in [1.82, 2.24) is 4.90 Å². The number of carbonyl (C=O) groups is 1. The smallest absolute Gasteiger partial charge is 0.229 e. The number of nitriles is 1. The van der Waals surface area contributed by atoms with Gasteiger partial charge in [0, 0.05) is 23.0 Å². The quantitative estimate of drug-likeness (QED) is 0.432. The van der Waals surface area contributed by atoms with Crippen LogP contribution in [0.2, 0.25) is 5.02 Å². The first-order chi connectivity index (χ1) is 16.6. The van der Waals surface area contributed by atoms with Crippen molar-refractivity contribution in [3.8, 4) is 11.8 Å². The van der Waals surface area contributed by atoms with E-state index < -0.39 is 0 Å². The molecule has 1 fully saturated rings. The molecule has 0 spiro atoms. The summed E-state index contributed by atoms with van der Waals surface area (Å²) in [5.41, 5.74) is 3.70. The Morgan fingerprint density at radius 1 is 1.03 bits per heavy atom. The van der Waals surface area contributed by atoms with Gasteiger partial charge in [0.1, 0.15) is 12.4 Å². The summed E-state index contributed by atoms with van der Waals surface area (Å²) in [5, 5.41) is 11.5. The molecule has 1 saturated heterocycles. The largest absolute Gasteiger partial charge is 0.489 e. The van der Waals surface area contributed by atoms with Gasteiger partial charge in [0.25, 0.3) is 0 Å². The van der Waals surface area contributed by atoms with Crippen LogP contribution < -0.4 is 9.64 Å². The van der Waals surface area contributed by atoms with Gasteiger partial charge in [0.2, 0.25) is 5.91 Å². The third-order valence-corrected chi connectivity index (χ3v) is 7.42. The lowest BCUT2D eigenvalue weighted by Gasteiger charge is -2.42. The fourth-order valence-electron chi connectivity index (χ4n) is 4.19. The molecule has 1 atom stereocenters. The van der Waals surface area contributed by atoms with Crippen molar-refractivity contribution >= 4 is 35.0 Å². The molecule has 5 nitrogen and oxygen atoms in total. The van der Waals surface area contributed by atoms with E-state index in [9.17, 15) is 10.1 Å². The molecular formula is C27H22ClN3O2S. The number of allylic oxidation sites excluding steroid dienone is 1. The molecule has 7 heteroatoms. The number of benzene rings is 3. The zero-order valence-corrected chi connectivity index (χ0v) is 19.9. The molecule has 3 aromatic carbocycles. The molecule has 0 N–H and O–H groups in total. The van der Waals surface area contributed by atoms with E-state index in [1.165, 1.54) is 0 Å². The fraction of sp³-hybridized carbons (Fsp3) is 0.185. The molecule has 5 rings (SSSR count). The summed E-state index contributed by atoms with van der Waals surface area (Å²) in [6.07, 6.45) is 0.278. The summed E-state index contributed by atoms with van der Waals surface area (Å²) in [5.74, 6) is 1.22. The van der Waals surface area contributed by atoms with Crippen LogP contribution >= 0.6 is 23.4 Å². The van der Waals surface area contributed by atoms with Crippen molar-refractivity contribution in [1.29, 1.82) is 5.26 Å². The van der Waals surface area contributed by atoms with Gasteiger partial charge in [-0.05, 0) is 47.5 Å². The Labute approximate surface area is 208 Å². The van der Waals surface area contributed by atoms with Crippen LogP contribution in [0.25, 0.3) is 0 Å². The lowest BCUT2D eigenvalue weighted by molar-refractivity contribution is -0.129. The van der Waals surface area contributed by atoms with E-state index in [1.807, 2.05) is 78.9 Å². The maximum atomic E-state index is 13.1. The van der Waals surface area contributed by atoms with E-state index in [2.05, 4.69) is 11.0 Å². The number of carbonyl (C=O) groups excluding carboxylic acids is 1. The van der Waals surface area contributed by atoms with Gasteiger partial charge in [0.15, 0.2) is 0 Å². The molecule has 0 aromatic heterocycles. The van der Waals surface area contributed by atoms with Crippen LogP contribution in [0.5, 0.6) is 5.75 Å². The number of nitrogens with zero attached hydrogens (tertiary/aromatic N) is 3. The van der Waals surface area contributed by atoms with Crippen LogP contribution in [0, 0.1) is 11.3 Å². The van der Waals surface area contributed by atoms with Gasteiger partial charge >= 0.3 is 0 Å². The molecule has 2 aliphatic heterocycles. The van der Waals surface area contributed by atoms with Crippen molar-refractivity contribution in [2.24, 2.45) is 0 Å². The van der Waals surface area contributed by atoms with Crippen LogP contribution in [0.4, 0.5) is 5.69 Å². The minimum atomic E-state index is -0.246. The third-order valence-electron chi connectivity index (χ3n) is 6.02. The first kappa shape index (κ1) is 22.4. The second kappa shape index (κ2) is 9.84. The molecule has 1 amide bonds. The van der Waals surface area contributed by atoms with Gasteiger partial charge in [-0.15, -0.1) is 0 Å². The number of hydrogen-bond donors (Lipinski definition) is 0. The summed E-state index contributed by atoms with van der Waals surface area (Å²) in [4.78, 5) is 17.0. The number of fused-ring (bicyclic) bond motifs is 1. The standard InChI is InChI=1S/C27H22ClN3O2S/c28-21-10-6-19(7-11-21)16-33-23-12-8-20(9-13-23)24-14-26(32)31-17-30(22-4-2-1-3-5-22)18-34-27(31)25(24)15-29/h1-13,24H,14,16-18H2/t24-/m0/s1. The van der Waals surface area contributed by atoms with Crippen molar-refractivity contribution in [3.05, 3.63) is 106 Å². The molecule has 0 saturated carbocycles. The van der Waals surface area contributed by atoms with Crippen molar-refractivity contribution in [2.75, 3.05) is 17.4 Å². The lowest BCUT2D eigenvalue weighted by Crippen LogP contribution is -2.47. The first-order valence-electron chi connectivity index (χ1n) is 11.0. The third kappa shape index (κ3) is 4.63. The molecule has 170 valence electrons. The van der Waals surface area contributed by atoms with Crippen LogP contribution in [0.1, 0.15) is 23.5 Å². The number of anilines is 1. The van der Waals surface area contributed by atoms with Crippen LogP contribution in [-0.4, -0.2) is 23.4 Å². The molecule has 2 aliphatic rings. The summed E-state index contributed by atoms with van der Waals surface area (Å²) >= 11 is 7.48. The Bertz CT molecular complexity index is 1250. The molecule has 34 heavy (non-hydrogen) atoms. The van der Waals surface area contributed by atoms with Gasteiger partial charge in [0.05, 0.1) is 29.2 Å². The minimum absolute atomic E-state index is 0.0372. The molecular weight excluding hydrogens is 466 g/mol. The fourth-order valence-corrected chi connectivity index (χ4v) is 5.49.